The Balaban J connectivity index is 2.46. The minimum atomic E-state index is -3.25. The van der Waals surface area contributed by atoms with Crippen LogP contribution < -0.4 is 0 Å². The van der Waals surface area contributed by atoms with E-state index in [2.05, 4.69) is 0 Å². The van der Waals surface area contributed by atoms with Crippen LogP contribution in [0.3, 0.4) is 0 Å². The molecule has 0 fully saturated rings. The van der Waals surface area contributed by atoms with Crippen molar-refractivity contribution in [2.75, 3.05) is 5.75 Å². The molecule has 1 aliphatic rings. The average molecular weight is 238 g/mol. The van der Waals surface area contributed by atoms with Crippen molar-refractivity contribution in [3.05, 3.63) is 41.5 Å². The number of rotatable bonds is 2. The molecular weight excluding hydrogens is 224 g/mol. The summed E-state index contributed by atoms with van der Waals surface area (Å²) in [6.07, 6.45) is 2.39. The molecule has 1 aliphatic carbocycles. The summed E-state index contributed by atoms with van der Waals surface area (Å²) in [5.74, 6) is 0.0429. The van der Waals surface area contributed by atoms with E-state index in [1.54, 1.807) is 31.2 Å². The van der Waals surface area contributed by atoms with Gasteiger partial charge in [0.2, 0.25) is 0 Å². The maximum atomic E-state index is 11.8. The predicted octanol–water partition coefficient (Wildman–Crippen LogP) is 1.55. The van der Waals surface area contributed by atoms with Gasteiger partial charge >= 0.3 is 0 Å². The van der Waals surface area contributed by atoms with Gasteiger partial charge in [-0.25, -0.2) is 8.42 Å². The number of hydrogen-bond donors (Lipinski definition) is 1. The lowest BCUT2D eigenvalue weighted by atomic mass is 9.95. The van der Waals surface area contributed by atoms with Gasteiger partial charge in [0, 0.05) is 5.75 Å². The fraction of sp³-hybridized carbons (Fsp3) is 0.333. The second kappa shape index (κ2) is 4.03. The van der Waals surface area contributed by atoms with Crippen molar-refractivity contribution < 1.29 is 13.5 Å². The fourth-order valence-corrected chi connectivity index (χ4v) is 3.16. The van der Waals surface area contributed by atoms with Gasteiger partial charge in [-0.1, -0.05) is 43.3 Å². The molecule has 0 saturated heterocycles. The highest BCUT2D eigenvalue weighted by atomic mass is 32.2. The first-order chi connectivity index (χ1) is 7.56. The Hall–Kier alpha value is -1.13. The van der Waals surface area contributed by atoms with Crippen molar-refractivity contribution in [2.24, 2.45) is 0 Å². The molecule has 0 aromatic heterocycles. The number of sulfone groups is 1. The lowest BCUT2D eigenvalue weighted by molar-refractivity contribution is 0.182. The third kappa shape index (κ3) is 1.79. The fourth-order valence-electron chi connectivity index (χ4n) is 1.92. The molecule has 0 amide bonds. The third-order valence-electron chi connectivity index (χ3n) is 2.91. The molecule has 16 heavy (non-hydrogen) atoms. The maximum absolute atomic E-state index is 11.8. The van der Waals surface area contributed by atoms with Crippen molar-refractivity contribution >= 4 is 15.9 Å². The summed E-state index contributed by atoms with van der Waals surface area (Å²) in [5, 5.41) is 9.24. The Morgan fingerprint density at radius 1 is 1.31 bits per heavy atom. The van der Waals surface area contributed by atoms with Gasteiger partial charge in [-0.3, -0.25) is 0 Å². The minimum Gasteiger partial charge on any atom is -0.387 e. The molecule has 0 spiro atoms. The molecule has 0 saturated carbocycles. The van der Waals surface area contributed by atoms with Gasteiger partial charge in [-0.15, -0.1) is 0 Å². The summed E-state index contributed by atoms with van der Waals surface area (Å²) in [4.78, 5) is 0. The zero-order valence-corrected chi connectivity index (χ0v) is 9.81. The SMILES string of the molecule is CCS(=O)(=O)[C@@H]1C=Cc2ccccc2[C@H]1O. The molecule has 3 nitrogen and oxygen atoms in total. The molecule has 4 heteroatoms. The quantitative estimate of drug-likeness (QED) is 0.850. The van der Waals surface area contributed by atoms with E-state index in [0.717, 1.165) is 5.56 Å². The van der Waals surface area contributed by atoms with E-state index in [4.69, 9.17) is 0 Å². The standard InChI is InChI=1S/C12H14O3S/c1-2-16(14,15)11-8-7-9-5-3-4-6-10(9)12(11)13/h3-8,11-13H,2H2,1H3/t11-,12-/m1/s1. The van der Waals surface area contributed by atoms with E-state index in [1.165, 1.54) is 0 Å². The second-order valence-electron chi connectivity index (χ2n) is 3.85. The first-order valence-corrected chi connectivity index (χ1v) is 6.94. The van der Waals surface area contributed by atoms with Crippen LogP contribution in [0.5, 0.6) is 0 Å². The van der Waals surface area contributed by atoms with Gasteiger partial charge in [0.1, 0.15) is 5.25 Å². The summed E-state index contributed by atoms with van der Waals surface area (Å²) in [6, 6.07) is 7.30. The van der Waals surface area contributed by atoms with Crippen molar-refractivity contribution in [1.29, 1.82) is 0 Å². The van der Waals surface area contributed by atoms with E-state index in [1.807, 2.05) is 12.1 Å². The molecule has 1 aromatic rings. The Morgan fingerprint density at radius 2 is 2.00 bits per heavy atom. The van der Waals surface area contributed by atoms with Crippen LogP contribution in [0.15, 0.2) is 30.3 Å². The predicted molar refractivity (Wildman–Crippen MR) is 63.7 cm³/mol. The average Bonchev–Trinajstić information content (AvgIpc) is 2.29. The van der Waals surface area contributed by atoms with Crippen LogP contribution in [0.2, 0.25) is 0 Å². The van der Waals surface area contributed by atoms with Gasteiger partial charge in [0.05, 0.1) is 6.10 Å². The van der Waals surface area contributed by atoms with Gasteiger partial charge in [0.25, 0.3) is 0 Å². The van der Waals surface area contributed by atoms with Crippen LogP contribution in [0.1, 0.15) is 24.2 Å². The van der Waals surface area contributed by atoms with Crippen molar-refractivity contribution in [2.45, 2.75) is 18.3 Å². The Labute approximate surface area is 95.3 Å². The molecule has 0 aliphatic heterocycles. The molecule has 86 valence electrons. The highest BCUT2D eigenvalue weighted by Gasteiger charge is 2.32. The molecule has 0 bridgehead atoms. The van der Waals surface area contributed by atoms with E-state index in [-0.39, 0.29) is 5.75 Å². The third-order valence-corrected chi connectivity index (χ3v) is 4.96. The van der Waals surface area contributed by atoms with Crippen LogP contribution in [-0.2, 0) is 9.84 Å². The lowest BCUT2D eigenvalue weighted by Crippen LogP contribution is -2.30. The number of benzene rings is 1. The maximum Gasteiger partial charge on any atom is 0.159 e. The molecular formula is C12H14O3S. The number of aliphatic hydroxyl groups excluding tert-OH is 1. The van der Waals surface area contributed by atoms with Crippen LogP contribution in [-0.4, -0.2) is 24.5 Å². The molecule has 2 atom stereocenters. The molecule has 2 rings (SSSR count). The lowest BCUT2D eigenvalue weighted by Gasteiger charge is -2.25. The van der Waals surface area contributed by atoms with E-state index >= 15 is 0 Å². The van der Waals surface area contributed by atoms with Gasteiger partial charge < -0.3 is 5.11 Å². The van der Waals surface area contributed by atoms with Crippen molar-refractivity contribution in [3.63, 3.8) is 0 Å². The molecule has 0 heterocycles. The van der Waals surface area contributed by atoms with Crippen molar-refractivity contribution in [3.8, 4) is 0 Å². The van der Waals surface area contributed by atoms with Crippen molar-refractivity contribution in [1.82, 2.24) is 0 Å². The first-order valence-electron chi connectivity index (χ1n) is 5.23. The minimum absolute atomic E-state index is 0.0429. The molecule has 0 radical (unpaired) electrons. The molecule has 0 unspecified atom stereocenters. The van der Waals surface area contributed by atoms with E-state index in [9.17, 15) is 13.5 Å². The molecule has 1 N–H and O–H groups in total. The smallest absolute Gasteiger partial charge is 0.159 e. The summed E-state index contributed by atoms with van der Waals surface area (Å²) in [6.45, 7) is 1.59. The zero-order chi connectivity index (χ0) is 11.8. The number of hydrogen-bond acceptors (Lipinski definition) is 3. The second-order valence-corrected chi connectivity index (χ2v) is 6.30. The summed E-state index contributed by atoms with van der Waals surface area (Å²) in [7, 11) is -3.25. The molecule has 1 aromatic carbocycles. The summed E-state index contributed by atoms with van der Waals surface area (Å²) >= 11 is 0. The zero-order valence-electron chi connectivity index (χ0n) is 9.00. The Bertz CT molecular complexity index is 517. The van der Waals surface area contributed by atoms with E-state index < -0.39 is 21.2 Å². The van der Waals surface area contributed by atoms with Crippen LogP contribution >= 0.6 is 0 Å². The summed E-state index contributed by atoms with van der Waals surface area (Å²) < 4.78 is 23.5. The normalized spacial score (nSPS) is 24.1. The Kier molecular flexibility index (Phi) is 2.86. The number of aliphatic hydroxyl groups is 1. The van der Waals surface area contributed by atoms with Crippen LogP contribution in [0, 0.1) is 0 Å². The van der Waals surface area contributed by atoms with E-state index in [0.29, 0.717) is 5.56 Å². The highest BCUT2D eigenvalue weighted by molar-refractivity contribution is 7.92. The Morgan fingerprint density at radius 3 is 2.69 bits per heavy atom. The van der Waals surface area contributed by atoms with Gasteiger partial charge in [-0.2, -0.15) is 0 Å². The largest absolute Gasteiger partial charge is 0.387 e. The topological polar surface area (TPSA) is 54.4 Å². The van der Waals surface area contributed by atoms with Crippen LogP contribution in [0.25, 0.3) is 6.08 Å². The highest BCUT2D eigenvalue weighted by Crippen LogP contribution is 2.31. The van der Waals surface area contributed by atoms with Gasteiger partial charge in [-0.05, 0) is 11.1 Å². The number of fused-ring (bicyclic) bond motifs is 1. The monoisotopic (exact) mass is 238 g/mol. The summed E-state index contributed by atoms with van der Waals surface area (Å²) in [5.41, 5.74) is 1.57. The van der Waals surface area contributed by atoms with Crippen LogP contribution in [0.4, 0.5) is 0 Å². The van der Waals surface area contributed by atoms with Gasteiger partial charge in [0.15, 0.2) is 9.84 Å². The first kappa shape index (κ1) is 11.4.